The minimum absolute atomic E-state index is 0.0997. The molecule has 2 N–H and O–H groups in total. The SMILES string of the molecule is Cc1ccc(NC(=O)Cc2nnc(SCC(=O)Nc3ccc(Br)cc3)n2C)c(C)c1. The fraction of sp³-hybridized carbons (Fsp3) is 0.238. The van der Waals surface area contributed by atoms with Gasteiger partial charge in [0.25, 0.3) is 0 Å². The van der Waals surface area contributed by atoms with E-state index in [9.17, 15) is 9.59 Å². The maximum absolute atomic E-state index is 12.4. The Balaban J connectivity index is 1.54. The van der Waals surface area contributed by atoms with Crippen LogP contribution in [0, 0.1) is 13.8 Å². The van der Waals surface area contributed by atoms with Crippen molar-refractivity contribution in [3.05, 3.63) is 63.9 Å². The van der Waals surface area contributed by atoms with Gasteiger partial charge in [-0.2, -0.15) is 0 Å². The third kappa shape index (κ3) is 5.93. The van der Waals surface area contributed by atoms with Crippen LogP contribution < -0.4 is 10.6 Å². The molecule has 0 spiro atoms. The lowest BCUT2D eigenvalue weighted by Crippen LogP contribution is -2.18. The number of amides is 2. The third-order valence-corrected chi connectivity index (χ3v) is 5.91. The number of nitrogens with zero attached hydrogens (tertiary/aromatic N) is 3. The van der Waals surface area contributed by atoms with Crippen LogP contribution in [0.4, 0.5) is 11.4 Å². The molecule has 1 heterocycles. The summed E-state index contributed by atoms with van der Waals surface area (Å²) in [6.07, 6.45) is 0.0997. The highest BCUT2D eigenvalue weighted by Crippen LogP contribution is 2.19. The number of halogens is 1. The van der Waals surface area contributed by atoms with Crippen LogP contribution >= 0.6 is 27.7 Å². The summed E-state index contributed by atoms with van der Waals surface area (Å²) in [7, 11) is 1.79. The zero-order valence-electron chi connectivity index (χ0n) is 16.9. The number of rotatable bonds is 7. The van der Waals surface area contributed by atoms with Crippen LogP contribution in [0.15, 0.2) is 52.1 Å². The Morgan fingerprint density at radius 3 is 2.47 bits per heavy atom. The van der Waals surface area contributed by atoms with Crippen LogP contribution in [0.25, 0.3) is 0 Å². The highest BCUT2D eigenvalue weighted by molar-refractivity contribution is 9.10. The van der Waals surface area contributed by atoms with Crippen LogP contribution in [0.2, 0.25) is 0 Å². The van der Waals surface area contributed by atoms with E-state index >= 15 is 0 Å². The molecule has 0 aliphatic rings. The lowest BCUT2D eigenvalue weighted by atomic mass is 10.1. The van der Waals surface area contributed by atoms with Gasteiger partial charge in [0, 0.05) is 22.9 Å². The van der Waals surface area contributed by atoms with E-state index in [0.717, 1.165) is 27.0 Å². The second kappa shape index (κ2) is 9.90. The largest absolute Gasteiger partial charge is 0.325 e. The summed E-state index contributed by atoms with van der Waals surface area (Å²) in [6, 6.07) is 13.2. The molecule has 0 aliphatic carbocycles. The minimum Gasteiger partial charge on any atom is -0.325 e. The van der Waals surface area contributed by atoms with Crippen molar-refractivity contribution in [2.24, 2.45) is 7.05 Å². The molecule has 0 atom stereocenters. The van der Waals surface area contributed by atoms with Crippen molar-refractivity contribution in [3.63, 3.8) is 0 Å². The topological polar surface area (TPSA) is 88.9 Å². The summed E-state index contributed by atoms with van der Waals surface area (Å²) in [5, 5.41) is 14.5. The zero-order valence-corrected chi connectivity index (χ0v) is 19.3. The predicted octanol–water partition coefficient (Wildman–Crippen LogP) is 4.11. The van der Waals surface area contributed by atoms with Crippen molar-refractivity contribution in [2.75, 3.05) is 16.4 Å². The number of carbonyl (C=O) groups is 2. The van der Waals surface area contributed by atoms with E-state index in [2.05, 4.69) is 36.8 Å². The van der Waals surface area contributed by atoms with Gasteiger partial charge >= 0.3 is 0 Å². The number of benzene rings is 2. The fourth-order valence-corrected chi connectivity index (χ4v) is 3.77. The van der Waals surface area contributed by atoms with Gasteiger partial charge in [-0.05, 0) is 49.7 Å². The monoisotopic (exact) mass is 487 g/mol. The van der Waals surface area contributed by atoms with Crippen molar-refractivity contribution in [2.45, 2.75) is 25.4 Å². The average Bonchev–Trinajstić information content (AvgIpc) is 3.04. The summed E-state index contributed by atoms with van der Waals surface area (Å²) in [5.41, 5.74) is 3.66. The van der Waals surface area contributed by atoms with Gasteiger partial charge in [0.2, 0.25) is 11.8 Å². The number of aryl methyl sites for hydroxylation is 2. The first kappa shape index (κ1) is 22.0. The molecule has 2 amide bonds. The number of aromatic nitrogens is 3. The van der Waals surface area contributed by atoms with Gasteiger partial charge in [-0.15, -0.1) is 10.2 Å². The lowest BCUT2D eigenvalue weighted by Gasteiger charge is -2.09. The van der Waals surface area contributed by atoms with Crippen LogP contribution in [-0.2, 0) is 23.1 Å². The molecule has 2 aromatic carbocycles. The van der Waals surface area contributed by atoms with Gasteiger partial charge in [0.05, 0.1) is 12.2 Å². The first-order valence-corrected chi connectivity index (χ1v) is 11.0. The minimum atomic E-state index is -0.165. The van der Waals surface area contributed by atoms with Gasteiger partial charge in [-0.25, -0.2) is 0 Å². The van der Waals surface area contributed by atoms with E-state index in [4.69, 9.17) is 0 Å². The van der Waals surface area contributed by atoms with E-state index in [1.165, 1.54) is 11.8 Å². The Morgan fingerprint density at radius 2 is 1.77 bits per heavy atom. The molecule has 0 saturated carbocycles. The molecule has 0 aliphatic heterocycles. The number of carbonyl (C=O) groups excluding carboxylic acids is 2. The highest BCUT2D eigenvalue weighted by Gasteiger charge is 2.15. The Kier molecular flexibility index (Phi) is 7.28. The molecule has 0 unspecified atom stereocenters. The standard InChI is InChI=1S/C21H22BrN5O2S/c1-13-4-9-17(14(2)10-13)24-19(28)11-18-25-26-21(27(18)3)30-12-20(29)23-16-7-5-15(22)6-8-16/h4-10H,11-12H2,1-3H3,(H,23,29)(H,24,28). The number of thioether (sulfide) groups is 1. The van der Waals surface area contributed by atoms with Crippen LogP contribution in [-0.4, -0.2) is 32.3 Å². The van der Waals surface area contributed by atoms with Crippen molar-refractivity contribution >= 4 is 50.9 Å². The summed E-state index contributed by atoms with van der Waals surface area (Å²) in [6.45, 7) is 3.97. The van der Waals surface area contributed by atoms with Crippen molar-refractivity contribution in [1.82, 2.24) is 14.8 Å². The molecule has 9 heteroatoms. The van der Waals surface area contributed by atoms with Gasteiger partial charge in [0.1, 0.15) is 5.82 Å². The van der Waals surface area contributed by atoms with E-state index in [1.54, 1.807) is 11.6 Å². The molecule has 0 radical (unpaired) electrons. The normalized spacial score (nSPS) is 10.7. The van der Waals surface area contributed by atoms with Crippen molar-refractivity contribution in [1.29, 1.82) is 0 Å². The third-order valence-electron chi connectivity index (χ3n) is 4.36. The summed E-state index contributed by atoms with van der Waals surface area (Å²) in [4.78, 5) is 24.6. The number of hydrogen-bond acceptors (Lipinski definition) is 5. The smallest absolute Gasteiger partial charge is 0.234 e. The second-order valence-corrected chi connectivity index (χ2v) is 8.70. The maximum Gasteiger partial charge on any atom is 0.234 e. The molecule has 1 aromatic heterocycles. The van der Waals surface area contributed by atoms with Gasteiger partial charge in [0.15, 0.2) is 5.16 Å². The summed E-state index contributed by atoms with van der Waals surface area (Å²) in [5.74, 6) is 0.422. The maximum atomic E-state index is 12.4. The van der Waals surface area contributed by atoms with Crippen molar-refractivity contribution < 1.29 is 9.59 Å². The zero-order chi connectivity index (χ0) is 21.7. The van der Waals surface area contributed by atoms with Gasteiger partial charge < -0.3 is 15.2 Å². The fourth-order valence-electron chi connectivity index (χ4n) is 2.78. The Labute approximate surface area is 187 Å². The van der Waals surface area contributed by atoms with Crippen LogP contribution in [0.3, 0.4) is 0 Å². The molecule has 0 saturated heterocycles. The number of nitrogens with one attached hydrogen (secondary N) is 2. The molecule has 0 bridgehead atoms. The number of hydrogen-bond donors (Lipinski definition) is 2. The molecular formula is C21H22BrN5O2S. The number of anilines is 2. The molecule has 0 fully saturated rings. The molecule has 3 aromatic rings. The summed E-state index contributed by atoms with van der Waals surface area (Å²) >= 11 is 4.63. The molecular weight excluding hydrogens is 466 g/mol. The highest BCUT2D eigenvalue weighted by atomic mass is 79.9. The van der Waals surface area contributed by atoms with E-state index in [0.29, 0.717) is 11.0 Å². The Hall–Kier alpha value is -2.65. The van der Waals surface area contributed by atoms with E-state index in [1.807, 2.05) is 56.3 Å². The lowest BCUT2D eigenvalue weighted by molar-refractivity contribution is -0.116. The van der Waals surface area contributed by atoms with Gasteiger partial charge in [-0.3, -0.25) is 9.59 Å². The molecule has 3 rings (SSSR count). The quantitative estimate of drug-likeness (QED) is 0.489. The predicted molar refractivity (Wildman–Crippen MR) is 123 cm³/mol. The molecule has 156 valence electrons. The first-order valence-electron chi connectivity index (χ1n) is 9.25. The first-order chi connectivity index (χ1) is 14.3. The van der Waals surface area contributed by atoms with Gasteiger partial charge in [-0.1, -0.05) is 45.4 Å². The molecule has 30 heavy (non-hydrogen) atoms. The second-order valence-electron chi connectivity index (χ2n) is 6.84. The van der Waals surface area contributed by atoms with Crippen LogP contribution in [0.1, 0.15) is 17.0 Å². The van der Waals surface area contributed by atoms with E-state index < -0.39 is 0 Å². The average molecular weight is 488 g/mol. The van der Waals surface area contributed by atoms with Crippen LogP contribution in [0.5, 0.6) is 0 Å². The molecule has 7 nitrogen and oxygen atoms in total. The Bertz CT molecular complexity index is 1070. The van der Waals surface area contributed by atoms with Crippen molar-refractivity contribution in [3.8, 4) is 0 Å². The summed E-state index contributed by atoms with van der Waals surface area (Å²) < 4.78 is 2.68. The Morgan fingerprint density at radius 1 is 1.03 bits per heavy atom. The van der Waals surface area contributed by atoms with E-state index in [-0.39, 0.29) is 24.0 Å².